The normalized spacial score (nSPS) is 17.9. The van der Waals surface area contributed by atoms with Gasteiger partial charge in [-0.15, -0.1) is 0 Å². The van der Waals surface area contributed by atoms with Gasteiger partial charge in [-0.2, -0.15) is 0 Å². The van der Waals surface area contributed by atoms with Crippen LogP contribution in [0.15, 0.2) is 0 Å². The van der Waals surface area contributed by atoms with Gasteiger partial charge in [0.05, 0.1) is 0 Å². The minimum absolute atomic E-state index is 0.0533. The topological polar surface area (TPSA) is 105 Å². The van der Waals surface area contributed by atoms with Gasteiger partial charge >= 0.3 is 5.97 Å². The maximum absolute atomic E-state index is 11.9. The van der Waals surface area contributed by atoms with Crippen LogP contribution in [0, 0.1) is 5.41 Å². The van der Waals surface area contributed by atoms with Crippen molar-refractivity contribution in [2.24, 2.45) is 5.41 Å². The molecule has 7 heteroatoms. The largest absolute Gasteiger partial charge is 0.480 e. The highest BCUT2D eigenvalue weighted by atomic mass is 16.5. The molecule has 0 aromatic carbocycles. The lowest BCUT2D eigenvalue weighted by molar-refractivity contribution is -0.152. The lowest BCUT2D eigenvalue weighted by atomic mass is 9.90. The number of carbonyl (C=O) groups excluding carboxylic acids is 2. The fourth-order valence-electron chi connectivity index (χ4n) is 2.00. The van der Waals surface area contributed by atoms with Crippen LogP contribution in [-0.4, -0.2) is 48.2 Å². The van der Waals surface area contributed by atoms with Crippen molar-refractivity contribution >= 4 is 17.8 Å². The van der Waals surface area contributed by atoms with E-state index in [9.17, 15) is 19.5 Å². The molecule has 0 saturated carbocycles. The number of aliphatic carboxylic acids is 1. The van der Waals surface area contributed by atoms with Crippen LogP contribution in [0.5, 0.6) is 0 Å². The van der Waals surface area contributed by atoms with Crippen LogP contribution in [-0.2, 0) is 19.1 Å². The molecule has 1 aliphatic heterocycles. The minimum atomic E-state index is -1.25. The first-order valence-corrected chi connectivity index (χ1v) is 7.08. The van der Waals surface area contributed by atoms with Crippen molar-refractivity contribution in [1.29, 1.82) is 0 Å². The molecule has 1 rings (SSSR count). The minimum Gasteiger partial charge on any atom is -0.480 e. The Morgan fingerprint density at radius 1 is 1.19 bits per heavy atom. The van der Waals surface area contributed by atoms with Crippen molar-refractivity contribution in [3.63, 3.8) is 0 Å². The molecule has 1 aliphatic rings. The first kappa shape index (κ1) is 17.4. The summed E-state index contributed by atoms with van der Waals surface area (Å²) >= 11 is 0. The van der Waals surface area contributed by atoms with E-state index in [1.807, 2.05) is 0 Å². The Labute approximate surface area is 124 Å². The van der Waals surface area contributed by atoms with Gasteiger partial charge in [-0.1, -0.05) is 20.8 Å². The average Bonchev–Trinajstić information content (AvgIpc) is 2.38. The summed E-state index contributed by atoms with van der Waals surface area (Å²) in [6, 6.07) is 0. The summed E-state index contributed by atoms with van der Waals surface area (Å²) in [5.41, 5.74) is -1.76. The predicted octanol–water partition coefficient (Wildman–Crippen LogP) is 0.289. The molecule has 1 heterocycles. The Morgan fingerprint density at radius 3 is 2.24 bits per heavy atom. The second kappa shape index (κ2) is 6.89. The lowest BCUT2D eigenvalue weighted by Gasteiger charge is -2.33. The highest BCUT2D eigenvalue weighted by Gasteiger charge is 2.41. The van der Waals surface area contributed by atoms with E-state index in [4.69, 9.17) is 4.74 Å². The summed E-state index contributed by atoms with van der Waals surface area (Å²) in [7, 11) is 0. The van der Waals surface area contributed by atoms with Gasteiger partial charge in [0.25, 0.3) is 0 Å². The van der Waals surface area contributed by atoms with Gasteiger partial charge in [-0.05, 0) is 0 Å². The average molecular weight is 300 g/mol. The van der Waals surface area contributed by atoms with Gasteiger partial charge in [0.1, 0.15) is 5.54 Å². The molecule has 0 bridgehead atoms. The maximum atomic E-state index is 11.9. The third-order valence-corrected chi connectivity index (χ3v) is 3.45. The number of carbonyl (C=O) groups is 3. The SMILES string of the molecule is CC(C)(C)C(=O)NCCC(=O)NC1(C(=O)O)CCOCC1. The summed E-state index contributed by atoms with van der Waals surface area (Å²) in [5, 5.41) is 14.6. The van der Waals surface area contributed by atoms with Gasteiger partial charge in [0, 0.05) is 44.4 Å². The molecule has 0 aromatic heterocycles. The maximum Gasteiger partial charge on any atom is 0.329 e. The molecule has 1 saturated heterocycles. The van der Waals surface area contributed by atoms with Gasteiger partial charge in [-0.3, -0.25) is 9.59 Å². The van der Waals surface area contributed by atoms with Gasteiger partial charge in [-0.25, -0.2) is 4.79 Å². The Morgan fingerprint density at radius 2 is 1.76 bits per heavy atom. The molecule has 0 atom stereocenters. The second-order valence-electron chi connectivity index (χ2n) is 6.30. The molecule has 0 aromatic rings. The summed E-state index contributed by atoms with van der Waals surface area (Å²) in [5.74, 6) is -1.57. The van der Waals surface area contributed by atoms with Crippen molar-refractivity contribution in [3.8, 4) is 0 Å². The van der Waals surface area contributed by atoms with E-state index >= 15 is 0 Å². The third kappa shape index (κ3) is 5.00. The molecule has 2 amide bonds. The van der Waals surface area contributed by atoms with Crippen LogP contribution < -0.4 is 10.6 Å². The molecular formula is C14H24N2O5. The summed E-state index contributed by atoms with van der Waals surface area (Å²) in [4.78, 5) is 34.9. The number of hydrogen-bond donors (Lipinski definition) is 3. The number of carboxylic acids is 1. The van der Waals surface area contributed by atoms with E-state index in [-0.39, 0.29) is 37.6 Å². The summed E-state index contributed by atoms with van der Waals surface area (Å²) < 4.78 is 5.13. The molecule has 0 radical (unpaired) electrons. The van der Waals surface area contributed by atoms with Gasteiger partial charge < -0.3 is 20.5 Å². The fraction of sp³-hybridized carbons (Fsp3) is 0.786. The predicted molar refractivity (Wildman–Crippen MR) is 75.6 cm³/mol. The molecule has 7 nitrogen and oxygen atoms in total. The van der Waals surface area contributed by atoms with Crippen molar-refractivity contribution in [2.45, 2.75) is 45.6 Å². The lowest BCUT2D eigenvalue weighted by Crippen LogP contribution is -2.57. The zero-order valence-corrected chi connectivity index (χ0v) is 12.8. The molecule has 120 valence electrons. The number of nitrogens with one attached hydrogen (secondary N) is 2. The molecule has 0 spiro atoms. The zero-order valence-electron chi connectivity index (χ0n) is 12.8. The molecule has 0 unspecified atom stereocenters. The summed E-state index contributed by atoms with van der Waals surface area (Å²) in [6.07, 6.45) is 0.558. The van der Waals surface area contributed by atoms with Crippen LogP contribution in [0.2, 0.25) is 0 Å². The first-order valence-electron chi connectivity index (χ1n) is 7.08. The molecule has 0 aliphatic carbocycles. The number of rotatable bonds is 5. The quantitative estimate of drug-likeness (QED) is 0.677. The highest BCUT2D eigenvalue weighted by Crippen LogP contribution is 2.21. The van der Waals surface area contributed by atoms with E-state index in [1.165, 1.54) is 0 Å². The van der Waals surface area contributed by atoms with E-state index in [0.29, 0.717) is 13.2 Å². The van der Waals surface area contributed by atoms with E-state index in [0.717, 1.165) is 0 Å². The van der Waals surface area contributed by atoms with Crippen molar-refractivity contribution in [3.05, 3.63) is 0 Å². The Bertz CT molecular complexity index is 408. The molecule has 3 N–H and O–H groups in total. The van der Waals surface area contributed by atoms with Crippen molar-refractivity contribution in [1.82, 2.24) is 10.6 Å². The second-order valence-corrected chi connectivity index (χ2v) is 6.30. The third-order valence-electron chi connectivity index (χ3n) is 3.45. The van der Waals surface area contributed by atoms with Crippen molar-refractivity contribution in [2.75, 3.05) is 19.8 Å². The standard InChI is InChI=1S/C14H24N2O5/c1-13(2,3)11(18)15-7-4-10(17)16-14(12(19)20)5-8-21-9-6-14/h4-9H2,1-3H3,(H,15,18)(H,16,17)(H,19,20). The van der Waals surface area contributed by atoms with Crippen LogP contribution in [0.3, 0.4) is 0 Å². The number of ether oxygens (including phenoxy) is 1. The Balaban J connectivity index is 2.45. The number of amides is 2. The van der Waals surface area contributed by atoms with Crippen LogP contribution in [0.4, 0.5) is 0 Å². The Kier molecular flexibility index (Phi) is 5.71. The fourth-order valence-corrected chi connectivity index (χ4v) is 2.00. The van der Waals surface area contributed by atoms with Crippen LogP contribution in [0.25, 0.3) is 0 Å². The number of hydrogen-bond acceptors (Lipinski definition) is 4. The number of carboxylic acid groups (broad SMARTS) is 1. The zero-order chi connectivity index (χ0) is 16.1. The highest BCUT2D eigenvalue weighted by molar-refractivity contribution is 5.87. The molecule has 1 fully saturated rings. The Hall–Kier alpha value is -1.63. The smallest absolute Gasteiger partial charge is 0.329 e. The van der Waals surface area contributed by atoms with E-state index < -0.39 is 16.9 Å². The van der Waals surface area contributed by atoms with Crippen LogP contribution >= 0.6 is 0 Å². The van der Waals surface area contributed by atoms with Crippen LogP contribution in [0.1, 0.15) is 40.0 Å². The summed E-state index contributed by atoms with van der Waals surface area (Å²) in [6.45, 7) is 6.16. The molecular weight excluding hydrogens is 276 g/mol. The van der Waals surface area contributed by atoms with Gasteiger partial charge in [0.15, 0.2) is 0 Å². The molecule has 21 heavy (non-hydrogen) atoms. The van der Waals surface area contributed by atoms with E-state index in [2.05, 4.69) is 10.6 Å². The monoisotopic (exact) mass is 300 g/mol. The first-order chi connectivity index (χ1) is 9.67. The van der Waals surface area contributed by atoms with Gasteiger partial charge in [0.2, 0.25) is 11.8 Å². The van der Waals surface area contributed by atoms with E-state index in [1.54, 1.807) is 20.8 Å². The van der Waals surface area contributed by atoms with Crippen molar-refractivity contribution < 1.29 is 24.2 Å².